The average molecular weight is 619 g/mol. The van der Waals surface area contributed by atoms with E-state index in [-0.39, 0.29) is 23.0 Å². The molecule has 0 heterocycles. The Balaban J connectivity index is 2.03. The first-order valence-electron chi connectivity index (χ1n) is 12.4. The molecule has 0 spiro atoms. The van der Waals surface area contributed by atoms with Crippen LogP contribution in [0.2, 0.25) is 0 Å². The zero-order valence-electron chi connectivity index (χ0n) is 22.6. The number of hydrogen-bond donors (Lipinski definition) is 1. The Labute approximate surface area is 238 Å². The second-order valence-corrected chi connectivity index (χ2v) is 13.1. The van der Waals surface area contributed by atoms with Crippen LogP contribution in [0.5, 0.6) is 0 Å². The molecule has 0 fully saturated rings. The van der Waals surface area contributed by atoms with E-state index in [1.54, 1.807) is 31.2 Å². The Morgan fingerprint density at radius 3 is 2.18 bits per heavy atom. The lowest BCUT2D eigenvalue weighted by atomic mass is 10.1. The first-order valence-corrected chi connectivity index (χ1v) is 14.6. The number of amides is 2. The Bertz CT molecular complexity index is 1420. The molecule has 0 aliphatic carbocycles. The average Bonchev–Trinajstić information content (AvgIpc) is 2.85. The summed E-state index contributed by atoms with van der Waals surface area (Å²) < 4.78 is 42.8. The Morgan fingerprint density at radius 1 is 1.00 bits per heavy atom. The van der Waals surface area contributed by atoms with Crippen molar-refractivity contribution < 1.29 is 22.4 Å². The van der Waals surface area contributed by atoms with Gasteiger partial charge in [-0.2, -0.15) is 0 Å². The Hall–Kier alpha value is -3.24. The molecule has 39 heavy (non-hydrogen) atoms. The summed E-state index contributed by atoms with van der Waals surface area (Å²) in [6.07, 6.45) is 0. The van der Waals surface area contributed by atoms with E-state index in [1.807, 2.05) is 52.0 Å². The van der Waals surface area contributed by atoms with Gasteiger partial charge >= 0.3 is 0 Å². The number of nitrogens with one attached hydrogen (secondary N) is 1. The van der Waals surface area contributed by atoms with Crippen molar-refractivity contribution in [1.29, 1.82) is 0 Å². The molecule has 3 aromatic rings. The van der Waals surface area contributed by atoms with Crippen molar-refractivity contribution in [3.8, 4) is 0 Å². The summed E-state index contributed by atoms with van der Waals surface area (Å²) in [6.45, 7) is 8.51. The number of carbonyl (C=O) groups is 2. The van der Waals surface area contributed by atoms with E-state index in [2.05, 4.69) is 21.2 Å². The highest BCUT2D eigenvalue weighted by Gasteiger charge is 2.33. The summed E-state index contributed by atoms with van der Waals surface area (Å²) >= 11 is 3.43. The van der Waals surface area contributed by atoms with Gasteiger partial charge in [-0.15, -0.1) is 0 Å². The number of benzene rings is 3. The van der Waals surface area contributed by atoms with Gasteiger partial charge in [-0.05, 0) is 88.7 Å². The third kappa shape index (κ3) is 8.12. The summed E-state index contributed by atoms with van der Waals surface area (Å²) in [5, 5.41) is 2.89. The van der Waals surface area contributed by atoms with Gasteiger partial charge in [0.25, 0.3) is 10.0 Å². The molecule has 0 bridgehead atoms. The van der Waals surface area contributed by atoms with E-state index < -0.39 is 39.9 Å². The number of nitrogens with zero attached hydrogens (tertiary/aromatic N) is 2. The van der Waals surface area contributed by atoms with Crippen molar-refractivity contribution in [2.45, 2.75) is 57.6 Å². The molecule has 0 aliphatic rings. The van der Waals surface area contributed by atoms with Gasteiger partial charge in [-0.3, -0.25) is 13.9 Å². The van der Waals surface area contributed by atoms with E-state index in [9.17, 15) is 22.4 Å². The van der Waals surface area contributed by atoms with Crippen LogP contribution in [0.1, 0.15) is 38.8 Å². The van der Waals surface area contributed by atoms with Crippen LogP contribution in [-0.2, 0) is 26.2 Å². The van der Waals surface area contributed by atoms with Crippen LogP contribution in [0.15, 0.2) is 82.2 Å². The molecular formula is C29H33BrFN3O4S. The zero-order chi connectivity index (χ0) is 29.0. The van der Waals surface area contributed by atoms with Crippen molar-refractivity contribution in [2.24, 2.45) is 0 Å². The van der Waals surface area contributed by atoms with E-state index in [0.29, 0.717) is 0 Å². The molecule has 0 saturated carbocycles. The van der Waals surface area contributed by atoms with E-state index in [0.717, 1.165) is 44.2 Å². The predicted octanol–water partition coefficient (Wildman–Crippen LogP) is 5.42. The highest BCUT2D eigenvalue weighted by atomic mass is 79.9. The number of hydrogen-bond acceptors (Lipinski definition) is 4. The van der Waals surface area contributed by atoms with E-state index >= 15 is 0 Å². The molecule has 3 aromatic carbocycles. The normalized spacial score (nSPS) is 12.5. The largest absolute Gasteiger partial charge is 0.350 e. The second kappa shape index (κ2) is 12.3. The van der Waals surface area contributed by atoms with Crippen molar-refractivity contribution in [1.82, 2.24) is 10.2 Å². The van der Waals surface area contributed by atoms with Crippen molar-refractivity contribution in [3.05, 3.63) is 94.2 Å². The lowest BCUT2D eigenvalue weighted by molar-refractivity contribution is -0.140. The van der Waals surface area contributed by atoms with Gasteiger partial charge in [0, 0.05) is 16.6 Å². The summed E-state index contributed by atoms with van der Waals surface area (Å²) in [4.78, 5) is 28.2. The van der Waals surface area contributed by atoms with Gasteiger partial charge in [-0.25, -0.2) is 12.8 Å². The second-order valence-electron chi connectivity index (χ2n) is 10.4. The van der Waals surface area contributed by atoms with Crippen LogP contribution in [0.3, 0.4) is 0 Å². The maximum Gasteiger partial charge on any atom is 0.264 e. The number of carbonyl (C=O) groups excluding carboxylic acids is 2. The van der Waals surface area contributed by atoms with Crippen LogP contribution in [0, 0.1) is 12.7 Å². The third-order valence-electron chi connectivity index (χ3n) is 5.91. The third-order valence-corrected chi connectivity index (χ3v) is 8.19. The fourth-order valence-electron chi connectivity index (χ4n) is 3.86. The number of aryl methyl sites for hydroxylation is 1. The standard InChI is InChI=1S/C29H33BrFN3O4S/c1-20-9-13-25(14-10-20)34(39(37,38)26-15-11-24(31)12-16-26)19-27(35)33(18-22-7-6-8-23(30)17-22)21(2)28(36)32-29(3,4)5/h6-17,21H,18-19H2,1-5H3,(H,32,36)/t21-/m1/s1. The maximum absolute atomic E-state index is 13.9. The highest BCUT2D eigenvalue weighted by Crippen LogP contribution is 2.25. The molecule has 208 valence electrons. The topological polar surface area (TPSA) is 86.8 Å². The van der Waals surface area contributed by atoms with Gasteiger partial charge in [0.2, 0.25) is 11.8 Å². The minimum atomic E-state index is -4.26. The zero-order valence-corrected chi connectivity index (χ0v) is 25.0. The van der Waals surface area contributed by atoms with E-state index in [1.165, 1.54) is 4.90 Å². The molecule has 0 unspecified atom stereocenters. The molecule has 1 N–H and O–H groups in total. The monoisotopic (exact) mass is 617 g/mol. The molecule has 3 rings (SSSR count). The first-order chi connectivity index (χ1) is 18.2. The van der Waals surface area contributed by atoms with Gasteiger partial charge in [0.15, 0.2) is 0 Å². The summed E-state index contributed by atoms with van der Waals surface area (Å²) in [5.74, 6) is -1.52. The first kappa shape index (κ1) is 30.3. The molecule has 0 aliphatic heterocycles. The van der Waals surface area contributed by atoms with Crippen LogP contribution in [0.4, 0.5) is 10.1 Å². The number of sulfonamides is 1. The molecule has 1 atom stereocenters. The van der Waals surface area contributed by atoms with Crippen molar-refractivity contribution in [2.75, 3.05) is 10.8 Å². The molecule has 7 nitrogen and oxygen atoms in total. The maximum atomic E-state index is 13.9. The molecule has 2 amide bonds. The lowest BCUT2D eigenvalue weighted by Gasteiger charge is -2.33. The van der Waals surface area contributed by atoms with Crippen LogP contribution < -0.4 is 9.62 Å². The van der Waals surface area contributed by atoms with Gasteiger partial charge < -0.3 is 10.2 Å². The lowest BCUT2D eigenvalue weighted by Crippen LogP contribution is -2.54. The quantitative estimate of drug-likeness (QED) is 0.347. The number of halogens is 2. The molecular weight excluding hydrogens is 585 g/mol. The van der Waals surface area contributed by atoms with Gasteiger partial charge in [0.1, 0.15) is 18.4 Å². The molecule has 0 aromatic heterocycles. The van der Waals surface area contributed by atoms with Gasteiger partial charge in [0.05, 0.1) is 10.6 Å². The fourth-order valence-corrected chi connectivity index (χ4v) is 5.72. The summed E-state index contributed by atoms with van der Waals surface area (Å²) in [7, 11) is -4.26. The molecule has 10 heteroatoms. The SMILES string of the molecule is Cc1ccc(N(CC(=O)N(Cc2cccc(Br)c2)[C@H](C)C(=O)NC(C)(C)C)S(=O)(=O)c2ccc(F)cc2)cc1. The van der Waals surface area contributed by atoms with Crippen molar-refractivity contribution in [3.63, 3.8) is 0 Å². The minimum absolute atomic E-state index is 0.0787. The minimum Gasteiger partial charge on any atom is -0.350 e. The fraction of sp³-hybridized carbons (Fsp3) is 0.310. The van der Waals surface area contributed by atoms with Crippen LogP contribution in [-0.4, -0.2) is 43.3 Å². The highest BCUT2D eigenvalue weighted by molar-refractivity contribution is 9.10. The number of rotatable bonds is 9. The van der Waals surface area contributed by atoms with Crippen LogP contribution in [0.25, 0.3) is 0 Å². The Morgan fingerprint density at radius 2 is 1.62 bits per heavy atom. The Kier molecular flexibility index (Phi) is 9.55. The van der Waals surface area contributed by atoms with Crippen LogP contribution >= 0.6 is 15.9 Å². The molecule has 0 radical (unpaired) electrons. The predicted molar refractivity (Wildman–Crippen MR) is 154 cm³/mol. The van der Waals surface area contributed by atoms with E-state index in [4.69, 9.17) is 0 Å². The molecule has 0 saturated heterocycles. The summed E-state index contributed by atoms with van der Waals surface area (Å²) in [6, 6.07) is 17.6. The van der Waals surface area contributed by atoms with Gasteiger partial charge in [-0.1, -0.05) is 45.8 Å². The number of anilines is 1. The van der Waals surface area contributed by atoms with Crippen molar-refractivity contribution >= 4 is 43.5 Å². The summed E-state index contributed by atoms with van der Waals surface area (Å²) in [5.41, 5.74) is 1.41. The smallest absolute Gasteiger partial charge is 0.264 e.